The summed E-state index contributed by atoms with van der Waals surface area (Å²) in [7, 11) is -2.46. The molecule has 0 fully saturated rings. The third-order valence-electron chi connectivity index (χ3n) is 3.21. The molecule has 128 valence electrons. The largest absolute Gasteiger partial charge is 0.495 e. The van der Waals surface area contributed by atoms with Crippen LogP contribution in [0.3, 0.4) is 0 Å². The van der Waals surface area contributed by atoms with Crippen molar-refractivity contribution in [2.45, 2.75) is 11.3 Å². The number of carbonyl (C=O) groups excluding carboxylic acids is 1. The maximum atomic E-state index is 13.6. The van der Waals surface area contributed by atoms with E-state index < -0.39 is 32.2 Å². The monoisotopic (exact) mass is 371 g/mol. The van der Waals surface area contributed by atoms with Crippen molar-refractivity contribution in [3.8, 4) is 5.75 Å². The van der Waals surface area contributed by atoms with Crippen LogP contribution in [0, 0.1) is 5.82 Å². The van der Waals surface area contributed by atoms with Gasteiger partial charge in [-0.1, -0.05) is 23.7 Å². The van der Waals surface area contributed by atoms with E-state index in [1.807, 2.05) is 0 Å². The van der Waals surface area contributed by atoms with E-state index >= 15 is 0 Å². The first-order valence-corrected chi connectivity index (χ1v) is 8.97. The second-order valence-corrected chi connectivity index (χ2v) is 7.41. The molecule has 0 saturated heterocycles. The van der Waals surface area contributed by atoms with Gasteiger partial charge in [-0.2, -0.15) is 0 Å². The first-order valence-electron chi connectivity index (χ1n) is 6.94. The van der Waals surface area contributed by atoms with Gasteiger partial charge < -0.3 is 10.1 Å². The van der Waals surface area contributed by atoms with E-state index in [0.717, 1.165) is 6.07 Å². The summed E-state index contributed by atoms with van der Waals surface area (Å²) < 4.78 is 42.9. The van der Waals surface area contributed by atoms with Gasteiger partial charge in [-0.25, -0.2) is 12.8 Å². The number of sulfone groups is 1. The fraction of sp³-hybridized carbons (Fsp3) is 0.188. The number of halogens is 2. The van der Waals surface area contributed by atoms with Crippen molar-refractivity contribution in [2.75, 3.05) is 18.2 Å². The SMILES string of the molecule is COc1ccc(Cl)cc1NC(=O)CCS(=O)(=O)c1ccccc1F. The quantitative estimate of drug-likeness (QED) is 0.845. The highest BCUT2D eigenvalue weighted by Crippen LogP contribution is 2.27. The highest BCUT2D eigenvalue weighted by Gasteiger charge is 2.20. The molecular weight excluding hydrogens is 357 g/mol. The van der Waals surface area contributed by atoms with Crippen molar-refractivity contribution in [3.05, 3.63) is 53.3 Å². The van der Waals surface area contributed by atoms with Gasteiger partial charge in [-0.15, -0.1) is 0 Å². The molecule has 2 aromatic carbocycles. The van der Waals surface area contributed by atoms with Gasteiger partial charge in [0, 0.05) is 11.4 Å². The van der Waals surface area contributed by atoms with Crippen LogP contribution >= 0.6 is 11.6 Å². The molecule has 0 heterocycles. The van der Waals surface area contributed by atoms with Crippen LogP contribution in [0.4, 0.5) is 10.1 Å². The Morgan fingerprint density at radius 1 is 1.25 bits per heavy atom. The number of hydrogen-bond donors (Lipinski definition) is 1. The Kier molecular flexibility index (Phi) is 5.80. The summed E-state index contributed by atoms with van der Waals surface area (Å²) in [4.78, 5) is 11.6. The molecule has 1 amide bonds. The second-order valence-electron chi connectivity index (χ2n) is 4.89. The van der Waals surface area contributed by atoms with Crippen LogP contribution in [-0.2, 0) is 14.6 Å². The van der Waals surface area contributed by atoms with Crippen molar-refractivity contribution < 1.29 is 22.3 Å². The number of nitrogens with one attached hydrogen (secondary N) is 1. The Morgan fingerprint density at radius 2 is 1.96 bits per heavy atom. The minimum Gasteiger partial charge on any atom is -0.495 e. The molecule has 0 saturated carbocycles. The predicted octanol–water partition coefficient (Wildman–Crippen LogP) is 3.29. The third kappa shape index (κ3) is 4.46. The van der Waals surface area contributed by atoms with Crippen molar-refractivity contribution in [1.82, 2.24) is 0 Å². The van der Waals surface area contributed by atoms with E-state index in [1.165, 1.54) is 31.4 Å². The number of anilines is 1. The Balaban J connectivity index is 2.06. The van der Waals surface area contributed by atoms with Crippen LogP contribution in [-0.4, -0.2) is 27.2 Å². The first kappa shape index (κ1) is 18.2. The topological polar surface area (TPSA) is 72.5 Å². The molecule has 0 bridgehead atoms. The predicted molar refractivity (Wildman–Crippen MR) is 89.7 cm³/mol. The summed E-state index contributed by atoms with van der Waals surface area (Å²) in [6, 6.07) is 9.71. The van der Waals surface area contributed by atoms with Crippen molar-refractivity contribution >= 4 is 33.0 Å². The average molecular weight is 372 g/mol. The molecule has 1 N–H and O–H groups in total. The number of rotatable bonds is 6. The standard InChI is InChI=1S/C16H15ClFNO4S/c1-23-14-7-6-11(17)10-13(14)19-16(20)8-9-24(21,22)15-5-3-2-4-12(15)18/h2-7,10H,8-9H2,1H3,(H,19,20). The minimum atomic E-state index is -3.90. The van der Waals surface area contributed by atoms with E-state index in [9.17, 15) is 17.6 Å². The summed E-state index contributed by atoms with van der Waals surface area (Å²) in [5, 5.41) is 2.93. The van der Waals surface area contributed by atoms with E-state index in [-0.39, 0.29) is 6.42 Å². The lowest BCUT2D eigenvalue weighted by Crippen LogP contribution is -2.18. The van der Waals surface area contributed by atoms with Gasteiger partial charge in [0.05, 0.1) is 18.6 Å². The van der Waals surface area contributed by atoms with Crippen LogP contribution in [0.2, 0.25) is 5.02 Å². The van der Waals surface area contributed by atoms with Crippen LogP contribution in [0.15, 0.2) is 47.4 Å². The normalized spacial score (nSPS) is 11.1. The van der Waals surface area contributed by atoms with Crippen molar-refractivity contribution in [2.24, 2.45) is 0 Å². The number of benzene rings is 2. The smallest absolute Gasteiger partial charge is 0.225 e. The maximum Gasteiger partial charge on any atom is 0.225 e. The fourth-order valence-corrected chi connectivity index (χ4v) is 3.52. The van der Waals surface area contributed by atoms with E-state index in [2.05, 4.69) is 5.32 Å². The molecule has 2 rings (SSSR count). The van der Waals surface area contributed by atoms with Gasteiger partial charge in [0.15, 0.2) is 9.84 Å². The third-order valence-corrected chi connectivity index (χ3v) is 5.18. The van der Waals surface area contributed by atoms with E-state index in [4.69, 9.17) is 16.3 Å². The maximum absolute atomic E-state index is 13.6. The Morgan fingerprint density at radius 3 is 2.62 bits per heavy atom. The van der Waals surface area contributed by atoms with Crippen molar-refractivity contribution in [1.29, 1.82) is 0 Å². The molecule has 0 radical (unpaired) electrons. The lowest BCUT2D eigenvalue weighted by Gasteiger charge is -2.11. The molecule has 0 aliphatic carbocycles. The molecule has 2 aromatic rings. The zero-order valence-corrected chi connectivity index (χ0v) is 14.3. The number of hydrogen-bond acceptors (Lipinski definition) is 4. The zero-order valence-electron chi connectivity index (χ0n) is 12.8. The molecular formula is C16H15ClFNO4S. The highest BCUT2D eigenvalue weighted by atomic mass is 35.5. The van der Waals surface area contributed by atoms with Crippen molar-refractivity contribution in [3.63, 3.8) is 0 Å². The van der Waals surface area contributed by atoms with E-state index in [0.29, 0.717) is 16.5 Å². The molecule has 8 heteroatoms. The highest BCUT2D eigenvalue weighted by molar-refractivity contribution is 7.91. The van der Waals surface area contributed by atoms with E-state index in [1.54, 1.807) is 12.1 Å². The van der Waals surface area contributed by atoms with Gasteiger partial charge in [0.25, 0.3) is 0 Å². The summed E-state index contributed by atoms with van der Waals surface area (Å²) in [6.07, 6.45) is -0.327. The van der Waals surface area contributed by atoms with Gasteiger partial charge in [0.2, 0.25) is 5.91 Å². The number of ether oxygens (including phenoxy) is 1. The van der Waals surface area contributed by atoms with Gasteiger partial charge in [-0.3, -0.25) is 4.79 Å². The summed E-state index contributed by atoms with van der Waals surface area (Å²) >= 11 is 5.86. The second kappa shape index (κ2) is 7.63. The van der Waals surface area contributed by atoms with Gasteiger partial charge >= 0.3 is 0 Å². The number of amides is 1. The van der Waals surface area contributed by atoms with Gasteiger partial charge in [-0.05, 0) is 30.3 Å². The molecule has 0 aromatic heterocycles. The first-order chi connectivity index (χ1) is 11.3. The molecule has 0 unspecified atom stereocenters. The molecule has 0 atom stereocenters. The molecule has 0 aliphatic rings. The van der Waals surface area contributed by atoms with Crippen LogP contribution in [0.5, 0.6) is 5.75 Å². The van der Waals surface area contributed by atoms with Crippen LogP contribution < -0.4 is 10.1 Å². The Labute approximate surface area is 144 Å². The molecule has 24 heavy (non-hydrogen) atoms. The minimum absolute atomic E-state index is 0.327. The fourth-order valence-electron chi connectivity index (χ4n) is 2.02. The summed E-state index contributed by atoms with van der Waals surface area (Å²) in [5.41, 5.74) is 0.332. The molecule has 0 aliphatic heterocycles. The number of methoxy groups -OCH3 is 1. The lowest BCUT2D eigenvalue weighted by atomic mass is 10.3. The average Bonchev–Trinajstić information content (AvgIpc) is 2.53. The van der Waals surface area contributed by atoms with Crippen LogP contribution in [0.25, 0.3) is 0 Å². The van der Waals surface area contributed by atoms with Gasteiger partial charge in [0.1, 0.15) is 16.5 Å². The Hall–Kier alpha value is -2.12. The molecule has 0 spiro atoms. The molecule has 5 nitrogen and oxygen atoms in total. The zero-order chi connectivity index (χ0) is 17.7. The van der Waals surface area contributed by atoms with Crippen LogP contribution in [0.1, 0.15) is 6.42 Å². The summed E-state index contributed by atoms with van der Waals surface area (Å²) in [5.74, 6) is -1.50. The number of carbonyl (C=O) groups is 1. The summed E-state index contributed by atoms with van der Waals surface area (Å²) in [6.45, 7) is 0. The lowest BCUT2D eigenvalue weighted by molar-refractivity contribution is -0.115. The Bertz CT molecular complexity index is 855.